The van der Waals surface area contributed by atoms with Crippen LogP contribution < -0.4 is 4.74 Å². The Hall–Kier alpha value is -2.32. The number of hydrogen-bond donors (Lipinski definition) is 0. The summed E-state index contributed by atoms with van der Waals surface area (Å²) < 4.78 is 7.15. The molecule has 25 heavy (non-hydrogen) atoms. The minimum absolute atomic E-state index is 0.278. The van der Waals surface area contributed by atoms with Gasteiger partial charge in [-0.2, -0.15) is 9.61 Å². The summed E-state index contributed by atoms with van der Waals surface area (Å²) in [6.07, 6.45) is 0. The Balaban J connectivity index is 1.77. The third kappa shape index (κ3) is 2.81. The molecule has 8 heteroatoms. The highest BCUT2D eigenvalue weighted by molar-refractivity contribution is 7.25. The van der Waals surface area contributed by atoms with Crippen LogP contribution in [0.1, 0.15) is 31.3 Å². The average Bonchev–Trinajstić information content (AvgIpc) is 3.27. The zero-order valence-corrected chi connectivity index (χ0v) is 16.0. The van der Waals surface area contributed by atoms with Crippen LogP contribution in [0.4, 0.5) is 0 Å². The smallest absolute Gasteiger partial charge is 0.235 e. The van der Waals surface area contributed by atoms with Gasteiger partial charge in [-0.05, 0) is 19.1 Å². The lowest BCUT2D eigenvalue weighted by molar-refractivity contribution is 0.415. The third-order valence-corrected chi connectivity index (χ3v) is 6.10. The Bertz CT molecular complexity index is 1050. The lowest BCUT2D eigenvalue weighted by Crippen LogP contribution is -1.97. The molecular formula is C17H17N5OS2. The highest BCUT2D eigenvalue weighted by Crippen LogP contribution is 2.38. The fourth-order valence-electron chi connectivity index (χ4n) is 2.56. The van der Waals surface area contributed by atoms with Crippen molar-refractivity contribution in [3.63, 3.8) is 0 Å². The Labute approximate surface area is 153 Å². The maximum absolute atomic E-state index is 5.31. The van der Waals surface area contributed by atoms with Crippen LogP contribution in [0.3, 0.4) is 0 Å². The van der Waals surface area contributed by atoms with Crippen LogP contribution >= 0.6 is 22.7 Å². The lowest BCUT2D eigenvalue weighted by Gasteiger charge is -2.00. The first kappa shape index (κ1) is 16.2. The fourth-order valence-corrected chi connectivity index (χ4v) is 4.59. The van der Waals surface area contributed by atoms with Gasteiger partial charge >= 0.3 is 0 Å². The molecule has 128 valence electrons. The first-order chi connectivity index (χ1) is 12.1. The van der Waals surface area contributed by atoms with E-state index in [4.69, 9.17) is 14.8 Å². The van der Waals surface area contributed by atoms with Crippen molar-refractivity contribution in [3.8, 4) is 26.2 Å². The summed E-state index contributed by atoms with van der Waals surface area (Å²) in [5.74, 6) is 1.99. The van der Waals surface area contributed by atoms with E-state index in [2.05, 4.69) is 24.0 Å². The predicted molar refractivity (Wildman–Crippen MR) is 101 cm³/mol. The molecule has 0 amide bonds. The molecule has 6 nitrogen and oxygen atoms in total. The number of ether oxygens (including phenoxy) is 1. The van der Waals surface area contributed by atoms with Gasteiger partial charge in [0.15, 0.2) is 10.8 Å². The maximum atomic E-state index is 5.31. The van der Waals surface area contributed by atoms with E-state index in [1.165, 1.54) is 0 Å². The Morgan fingerprint density at radius 3 is 2.72 bits per heavy atom. The zero-order chi connectivity index (χ0) is 17.6. The first-order valence-electron chi connectivity index (χ1n) is 7.91. The van der Waals surface area contributed by atoms with Crippen molar-refractivity contribution in [3.05, 3.63) is 35.8 Å². The Kier molecular flexibility index (Phi) is 4.01. The molecule has 4 aromatic rings. The number of aryl methyl sites for hydroxylation is 1. The van der Waals surface area contributed by atoms with Gasteiger partial charge in [0.05, 0.1) is 17.7 Å². The SMILES string of the molecule is COc1cccc(-c2nc(C)c(-c3nn4c(C(C)C)nnc4s3)s2)c1. The summed E-state index contributed by atoms with van der Waals surface area (Å²) >= 11 is 3.18. The Morgan fingerprint density at radius 2 is 1.96 bits per heavy atom. The topological polar surface area (TPSA) is 65.2 Å². The van der Waals surface area contributed by atoms with Gasteiger partial charge in [0.25, 0.3) is 0 Å². The molecule has 0 aliphatic rings. The molecular weight excluding hydrogens is 354 g/mol. The molecule has 0 spiro atoms. The van der Waals surface area contributed by atoms with Crippen LogP contribution in [0.15, 0.2) is 24.3 Å². The molecule has 0 aliphatic carbocycles. The summed E-state index contributed by atoms with van der Waals surface area (Å²) in [5.41, 5.74) is 2.02. The van der Waals surface area contributed by atoms with Crippen LogP contribution in [0.25, 0.3) is 25.4 Å². The number of thiazole rings is 1. The van der Waals surface area contributed by atoms with Gasteiger partial charge in [-0.3, -0.25) is 0 Å². The molecule has 0 bridgehead atoms. The van der Waals surface area contributed by atoms with Gasteiger partial charge < -0.3 is 4.74 Å². The summed E-state index contributed by atoms with van der Waals surface area (Å²) in [4.78, 5) is 6.62. The van der Waals surface area contributed by atoms with E-state index in [0.717, 1.165) is 42.7 Å². The molecule has 3 heterocycles. The van der Waals surface area contributed by atoms with Crippen LogP contribution in [0.5, 0.6) is 5.75 Å². The predicted octanol–water partition coefficient (Wildman–Crippen LogP) is 4.42. The van der Waals surface area contributed by atoms with E-state index in [0.29, 0.717) is 0 Å². The van der Waals surface area contributed by atoms with Crippen molar-refractivity contribution in [2.75, 3.05) is 7.11 Å². The van der Waals surface area contributed by atoms with Crippen LogP contribution in [0.2, 0.25) is 0 Å². The van der Waals surface area contributed by atoms with E-state index in [1.54, 1.807) is 29.8 Å². The minimum atomic E-state index is 0.278. The molecule has 0 N–H and O–H groups in total. The number of hydrogen-bond acceptors (Lipinski definition) is 7. The number of benzene rings is 1. The minimum Gasteiger partial charge on any atom is -0.497 e. The molecule has 0 unspecified atom stereocenters. The van der Waals surface area contributed by atoms with Gasteiger partial charge in [-0.25, -0.2) is 4.98 Å². The molecule has 0 atom stereocenters. The van der Waals surface area contributed by atoms with Crippen LogP contribution in [-0.4, -0.2) is 31.9 Å². The molecule has 0 fully saturated rings. The molecule has 0 saturated heterocycles. The average molecular weight is 371 g/mol. The highest BCUT2D eigenvalue weighted by Gasteiger charge is 2.19. The molecule has 1 aromatic carbocycles. The summed E-state index contributed by atoms with van der Waals surface area (Å²) in [6.45, 7) is 6.20. The van der Waals surface area contributed by atoms with E-state index in [9.17, 15) is 0 Å². The summed E-state index contributed by atoms with van der Waals surface area (Å²) in [5, 5.41) is 15.1. The highest BCUT2D eigenvalue weighted by atomic mass is 32.1. The van der Waals surface area contributed by atoms with E-state index < -0.39 is 0 Å². The second-order valence-electron chi connectivity index (χ2n) is 5.98. The lowest BCUT2D eigenvalue weighted by atomic mass is 10.2. The van der Waals surface area contributed by atoms with E-state index in [1.807, 2.05) is 35.7 Å². The molecule has 0 radical (unpaired) electrons. The van der Waals surface area contributed by atoms with Crippen molar-refractivity contribution in [2.45, 2.75) is 26.7 Å². The van der Waals surface area contributed by atoms with Gasteiger partial charge in [0.1, 0.15) is 10.8 Å². The number of methoxy groups -OCH3 is 1. The Morgan fingerprint density at radius 1 is 1.12 bits per heavy atom. The second-order valence-corrected chi connectivity index (χ2v) is 7.94. The van der Waals surface area contributed by atoms with Crippen molar-refractivity contribution < 1.29 is 4.74 Å². The van der Waals surface area contributed by atoms with E-state index >= 15 is 0 Å². The first-order valence-corrected chi connectivity index (χ1v) is 9.54. The van der Waals surface area contributed by atoms with Gasteiger partial charge in [-0.1, -0.05) is 37.3 Å². The van der Waals surface area contributed by atoms with E-state index in [-0.39, 0.29) is 5.92 Å². The second kappa shape index (κ2) is 6.20. The van der Waals surface area contributed by atoms with Gasteiger partial charge in [0.2, 0.25) is 4.96 Å². The molecule has 0 saturated carbocycles. The van der Waals surface area contributed by atoms with Crippen molar-refractivity contribution in [2.24, 2.45) is 0 Å². The van der Waals surface area contributed by atoms with Crippen LogP contribution in [0, 0.1) is 6.92 Å². The molecule has 0 aliphatic heterocycles. The number of aromatic nitrogens is 5. The quantitative estimate of drug-likeness (QED) is 0.531. The third-order valence-electron chi connectivity index (χ3n) is 3.84. The molecule has 4 rings (SSSR count). The van der Waals surface area contributed by atoms with Gasteiger partial charge in [0, 0.05) is 11.5 Å². The normalized spacial score (nSPS) is 11.6. The van der Waals surface area contributed by atoms with Crippen LogP contribution in [-0.2, 0) is 0 Å². The monoisotopic (exact) mass is 371 g/mol. The molecule has 3 aromatic heterocycles. The largest absolute Gasteiger partial charge is 0.497 e. The number of nitrogens with zero attached hydrogens (tertiary/aromatic N) is 5. The fraction of sp³-hybridized carbons (Fsp3) is 0.294. The van der Waals surface area contributed by atoms with Gasteiger partial charge in [-0.15, -0.1) is 21.5 Å². The zero-order valence-electron chi connectivity index (χ0n) is 14.3. The van der Waals surface area contributed by atoms with Crippen molar-refractivity contribution in [1.82, 2.24) is 24.8 Å². The standard InChI is InChI=1S/C17H17N5OS2/c1-9(2)14-19-20-17-22(14)21-16(25-17)13-10(3)18-15(24-13)11-6-5-7-12(8-11)23-4/h5-9H,1-4H3. The summed E-state index contributed by atoms with van der Waals surface area (Å²) in [7, 11) is 1.67. The summed E-state index contributed by atoms with van der Waals surface area (Å²) in [6, 6.07) is 7.95. The van der Waals surface area contributed by atoms with Crippen molar-refractivity contribution >= 4 is 27.6 Å². The van der Waals surface area contributed by atoms with Crippen molar-refractivity contribution in [1.29, 1.82) is 0 Å². The number of fused-ring (bicyclic) bond motifs is 1. The maximum Gasteiger partial charge on any atom is 0.235 e. The number of rotatable bonds is 4.